The molecule has 5 rings (SSSR count). The molecule has 1 aromatic carbocycles. The van der Waals surface area contributed by atoms with Crippen LogP contribution in [0.4, 0.5) is 5.82 Å². The maximum atomic E-state index is 12.7. The van der Waals surface area contributed by atoms with Gasteiger partial charge in [-0.05, 0) is 43.7 Å². The number of hydrogen-bond acceptors (Lipinski definition) is 8. The molecule has 0 radical (unpaired) electrons. The summed E-state index contributed by atoms with van der Waals surface area (Å²) >= 11 is 15.5. The summed E-state index contributed by atoms with van der Waals surface area (Å²) in [5, 5.41) is 16.7. The summed E-state index contributed by atoms with van der Waals surface area (Å²) in [4.78, 5) is 24.5. The summed E-state index contributed by atoms with van der Waals surface area (Å²) < 4.78 is 7.87. The number of carbonyl (C=O) groups is 1. The minimum atomic E-state index is -1.09. The zero-order valence-electron chi connectivity index (χ0n) is 21.9. The summed E-state index contributed by atoms with van der Waals surface area (Å²) in [7, 11) is 0. The van der Waals surface area contributed by atoms with Crippen LogP contribution in [0.25, 0.3) is 27.5 Å². The summed E-state index contributed by atoms with van der Waals surface area (Å²) in [6.45, 7) is 10.6. The van der Waals surface area contributed by atoms with Crippen molar-refractivity contribution in [2.24, 2.45) is 0 Å². The van der Waals surface area contributed by atoms with Crippen LogP contribution in [0, 0.1) is 13.8 Å². The number of thiazole rings is 1. The highest BCUT2D eigenvalue weighted by Gasteiger charge is 2.28. The lowest BCUT2D eigenvalue weighted by Gasteiger charge is -2.28. The van der Waals surface area contributed by atoms with Gasteiger partial charge in [0.1, 0.15) is 5.82 Å². The van der Waals surface area contributed by atoms with E-state index in [1.807, 2.05) is 32.0 Å². The van der Waals surface area contributed by atoms with E-state index in [-0.39, 0.29) is 10.9 Å². The predicted molar refractivity (Wildman–Crippen MR) is 158 cm³/mol. The van der Waals surface area contributed by atoms with Gasteiger partial charge in [0, 0.05) is 35.2 Å². The van der Waals surface area contributed by atoms with Crippen molar-refractivity contribution in [1.82, 2.24) is 19.7 Å². The van der Waals surface area contributed by atoms with Gasteiger partial charge in [0.05, 0.1) is 38.9 Å². The number of aromatic nitrogens is 4. The minimum Gasteiger partial charge on any atom is -0.476 e. The number of morpholine rings is 1. The first kappa shape index (κ1) is 27.9. The van der Waals surface area contributed by atoms with E-state index in [0.29, 0.717) is 45.3 Å². The Labute approximate surface area is 244 Å². The number of rotatable bonds is 7. The second kappa shape index (κ2) is 11.5. The Kier molecular flexibility index (Phi) is 8.21. The third kappa shape index (κ3) is 5.81. The van der Waals surface area contributed by atoms with Gasteiger partial charge >= 0.3 is 5.97 Å². The molecule has 0 saturated carbocycles. The fourth-order valence-electron chi connectivity index (χ4n) is 4.46. The van der Waals surface area contributed by atoms with Crippen LogP contribution in [0.2, 0.25) is 10.0 Å². The van der Waals surface area contributed by atoms with E-state index in [1.165, 1.54) is 16.0 Å². The van der Waals surface area contributed by atoms with Gasteiger partial charge in [-0.15, -0.1) is 11.8 Å². The van der Waals surface area contributed by atoms with Gasteiger partial charge in [-0.3, -0.25) is 0 Å². The van der Waals surface area contributed by atoms with Crippen molar-refractivity contribution in [3.05, 3.63) is 57.5 Å². The van der Waals surface area contributed by atoms with Crippen LogP contribution in [-0.2, 0) is 4.74 Å². The first-order valence-corrected chi connectivity index (χ1v) is 14.9. The van der Waals surface area contributed by atoms with Crippen LogP contribution >= 0.6 is 46.3 Å². The van der Waals surface area contributed by atoms with Gasteiger partial charge in [0.15, 0.2) is 5.69 Å². The number of anilines is 1. The van der Waals surface area contributed by atoms with E-state index in [1.54, 1.807) is 23.9 Å². The number of halogens is 2. The molecule has 204 valence electrons. The standard InChI is InChI=1S/C27H27Cl2N5O3S2/c1-14(2)38-26-23(17-5-6-19(28)20(29)12-17)31-27(39-26)34-24(25(35)36)22(16(4)32-34)18-11-15(3)30-21(13-18)33-7-9-37-10-8-33/h5-6,11-14H,7-10H2,1-4H3,(H,35,36). The van der Waals surface area contributed by atoms with Crippen LogP contribution in [-0.4, -0.2) is 62.4 Å². The van der Waals surface area contributed by atoms with Crippen molar-refractivity contribution >= 4 is 58.1 Å². The maximum Gasteiger partial charge on any atom is 0.355 e. The first-order chi connectivity index (χ1) is 18.6. The van der Waals surface area contributed by atoms with Crippen LogP contribution in [0.1, 0.15) is 35.7 Å². The van der Waals surface area contributed by atoms with Crippen molar-refractivity contribution in [2.75, 3.05) is 31.2 Å². The SMILES string of the molecule is Cc1cc(-c2c(C)nn(-c3nc(-c4ccc(Cl)c(Cl)c4)c(SC(C)C)s3)c2C(=O)O)cc(N2CCOCC2)n1. The first-order valence-electron chi connectivity index (χ1n) is 12.4. The molecule has 0 atom stereocenters. The fourth-order valence-corrected chi connectivity index (χ4v) is 7.24. The number of ether oxygens (including phenoxy) is 1. The number of carboxylic acid groups (broad SMARTS) is 1. The predicted octanol–water partition coefficient (Wildman–Crippen LogP) is 7.02. The number of aryl methyl sites for hydroxylation is 2. The molecule has 0 unspecified atom stereocenters. The number of pyridine rings is 1. The average Bonchev–Trinajstić information content (AvgIpc) is 3.46. The molecule has 4 aromatic rings. The van der Waals surface area contributed by atoms with Crippen molar-refractivity contribution < 1.29 is 14.6 Å². The van der Waals surface area contributed by atoms with Crippen LogP contribution < -0.4 is 4.90 Å². The largest absolute Gasteiger partial charge is 0.476 e. The van der Waals surface area contributed by atoms with Crippen LogP contribution in [0.3, 0.4) is 0 Å². The average molecular weight is 605 g/mol. The summed E-state index contributed by atoms with van der Waals surface area (Å²) in [5.74, 6) is -0.291. The molecule has 0 aliphatic carbocycles. The Balaban J connectivity index is 1.65. The van der Waals surface area contributed by atoms with E-state index >= 15 is 0 Å². The third-order valence-electron chi connectivity index (χ3n) is 6.13. The molecule has 12 heteroatoms. The van der Waals surface area contributed by atoms with Gasteiger partial charge in [-0.2, -0.15) is 9.78 Å². The molecule has 1 saturated heterocycles. The molecular weight excluding hydrogens is 577 g/mol. The second-order valence-corrected chi connectivity index (χ2v) is 13.0. The quantitative estimate of drug-likeness (QED) is 0.225. The maximum absolute atomic E-state index is 12.7. The highest BCUT2D eigenvalue weighted by molar-refractivity contribution is 8.01. The molecule has 39 heavy (non-hydrogen) atoms. The lowest BCUT2D eigenvalue weighted by atomic mass is 10.0. The topological polar surface area (TPSA) is 93.4 Å². The van der Waals surface area contributed by atoms with Crippen molar-refractivity contribution in [1.29, 1.82) is 0 Å². The molecule has 0 bridgehead atoms. The molecular formula is C27H27Cl2N5O3S2. The number of thioether (sulfide) groups is 1. The summed E-state index contributed by atoms with van der Waals surface area (Å²) in [6, 6.07) is 9.20. The van der Waals surface area contributed by atoms with E-state index in [2.05, 4.69) is 23.8 Å². The van der Waals surface area contributed by atoms with E-state index in [4.69, 9.17) is 37.9 Å². The van der Waals surface area contributed by atoms with E-state index in [0.717, 1.165) is 39.9 Å². The van der Waals surface area contributed by atoms with Gasteiger partial charge in [0.2, 0.25) is 5.13 Å². The third-order valence-corrected chi connectivity index (χ3v) is 9.11. The molecule has 4 heterocycles. The highest BCUT2D eigenvalue weighted by atomic mass is 35.5. The highest BCUT2D eigenvalue weighted by Crippen LogP contribution is 2.42. The van der Waals surface area contributed by atoms with Gasteiger partial charge in [-0.25, -0.2) is 14.8 Å². The molecule has 0 spiro atoms. The number of nitrogens with zero attached hydrogens (tertiary/aromatic N) is 5. The van der Waals surface area contributed by atoms with Crippen LogP contribution in [0.15, 0.2) is 34.5 Å². The minimum absolute atomic E-state index is 0.0570. The second-order valence-electron chi connectivity index (χ2n) is 9.41. The molecule has 8 nitrogen and oxygen atoms in total. The Morgan fingerprint density at radius 1 is 1.08 bits per heavy atom. The van der Waals surface area contributed by atoms with Crippen molar-refractivity contribution in [3.63, 3.8) is 0 Å². The monoisotopic (exact) mass is 603 g/mol. The van der Waals surface area contributed by atoms with Crippen LogP contribution in [0.5, 0.6) is 0 Å². The summed E-state index contributed by atoms with van der Waals surface area (Å²) in [5.41, 5.74) is 4.26. The zero-order valence-corrected chi connectivity index (χ0v) is 25.0. The number of carboxylic acids is 1. The zero-order chi connectivity index (χ0) is 27.8. The molecule has 1 fully saturated rings. The fraction of sp³-hybridized carbons (Fsp3) is 0.333. The Morgan fingerprint density at radius 3 is 2.49 bits per heavy atom. The molecule has 1 aliphatic heterocycles. The molecule has 1 aliphatic rings. The van der Waals surface area contributed by atoms with Crippen molar-refractivity contribution in [2.45, 2.75) is 37.2 Å². The molecule has 3 aromatic heterocycles. The van der Waals surface area contributed by atoms with Crippen molar-refractivity contribution in [3.8, 4) is 27.5 Å². The van der Waals surface area contributed by atoms with Gasteiger partial charge in [-0.1, -0.05) is 54.5 Å². The number of aromatic carboxylic acids is 1. The smallest absolute Gasteiger partial charge is 0.355 e. The Bertz CT molecular complexity index is 1550. The van der Waals surface area contributed by atoms with Gasteiger partial charge in [0.25, 0.3) is 0 Å². The summed E-state index contributed by atoms with van der Waals surface area (Å²) in [6.07, 6.45) is 0. The molecule has 1 N–H and O–H groups in total. The lowest BCUT2D eigenvalue weighted by molar-refractivity contribution is 0.0688. The van der Waals surface area contributed by atoms with E-state index < -0.39 is 5.97 Å². The van der Waals surface area contributed by atoms with Gasteiger partial charge < -0.3 is 14.7 Å². The molecule has 0 amide bonds. The number of hydrogen-bond donors (Lipinski definition) is 1. The van der Waals surface area contributed by atoms with E-state index in [9.17, 15) is 9.90 Å². The normalized spacial score (nSPS) is 13.9. The Morgan fingerprint density at radius 2 is 1.82 bits per heavy atom. The Hall–Kier alpha value is -2.63. The number of benzene rings is 1. The lowest BCUT2D eigenvalue weighted by Crippen LogP contribution is -2.36.